The molecule has 0 radical (unpaired) electrons. The molecule has 0 fully saturated rings. The van der Waals surface area contributed by atoms with Gasteiger partial charge in [-0.2, -0.15) is 5.10 Å². The Balaban J connectivity index is 2.70. The number of ether oxygens (including phenoxy) is 1. The zero-order valence-corrected chi connectivity index (χ0v) is 11.2. The van der Waals surface area contributed by atoms with Crippen LogP contribution in [0.2, 0.25) is 5.02 Å². The third-order valence-electron chi connectivity index (χ3n) is 2.19. The number of esters is 1. The van der Waals surface area contributed by atoms with Crippen LogP contribution in [0.5, 0.6) is 0 Å². The predicted octanol–water partition coefficient (Wildman–Crippen LogP) is 1.77. The molecule has 0 spiro atoms. The summed E-state index contributed by atoms with van der Waals surface area (Å²) in [5.74, 6) is -0.448. The van der Waals surface area contributed by atoms with E-state index < -0.39 is 17.6 Å². The Bertz CT molecular complexity index is 398. The molecule has 2 atom stereocenters. The van der Waals surface area contributed by atoms with Gasteiger partial charge in [0.25, 0.3) is 0 Å². The van der Waals surface area contributed by atoms with Crippen LogP contribution < -0.4 is 5.73 Å². The molecule has 0 aliphatic rings. The molecule has 96 valence electrons. The van der Waals surface area contributed by atoms with Gasteiger partial charge >= 0.3 is 5.97 Å². The van der Waals surface area contributed by atoms with Crippen molar-refractivity contribution in [1.29, 1.82) is 0 Å². The van der Waals surface area contributed by atoms with Crippen LogP contribution in [-0.4, -0.2) is 27.4 Å². The van der Waals surface area contributed by atoms with Gasteiger partial charge in [0.1, 0.15) is 11.6 Å². The van der Waals surface area contributed by atoms with Gasteiger partial charge in [-0.05, 0) is 27.7 Å². The van der Waals surface area contributed by atoms with E-state index >= 15 is 0 Å². The summed E-state index contributed by atoms with van der Waals surface area (Å²) in [7, 11) is 0. The Labute approximate surface area is 106 Å². The Morgan fingerprint density at radius 1 is 1.59 bits per heavy atom. The first-order valence-electron chi connectivity index (χ1n) is 5.39. The van der Waals surface area contributed by atoms with Crippen molar-refractivity contribution in [3.8, 4) is 0 Å². The number of hydrogen-bond acceptors (Lipinski definition) is 4. The van der Waals surface area contributed by atoms with Crippen molar-refractivity contribution in [2.45, 2.75) is 45.4 Å². The van der Waals surface area contributed by atoms with E-state index in [4.69, 9.17) is 22.1 Å². The highest BCUT2D eigenvalue weighted by Gasteiger charge is 2.27. The molecule has 2 N–H and O–H groups in total. The minimum absolute atomic E-state index is 0.308. The molecule has 0 bridgehead atoms. The second-order valence-corrected chi connectivity index (χ2v) is 5.37. The average molecular weight is 260 g/mol. The molecule has 1 aromatic rings. The molecule has 0 saturated carbocycles. The molecule has 1 rings (SSSR count). The average Bonchev–Trinajstić information content (AvgIpc) is 2.60. The standard InChI is InChI=1S/C11H18ClN3O2/c1-7(15-6-8(12)5-14-15)9(13)10(16)17-11(2,3)4/h5-7,9H,13H2,1-4H3. The molecule has 1 aromatic heterocycles. The summed E-state index contributed by atoms with van der Waals surface area (Å²) in [6, 6.07) is -1.08. The van der Waals surface area contributed by atoms with Crippen molar-refractivity contribution in [2.75, 3.05) is 0 Å². The predicted molar refractivity (Wildman–Crippen MR) is 65.8 cm³/mol. The minimum Gasteiger partial charge on any atom is -0.459 e. The van der Waals surface area contributed by atoms with Crippen molar-refractivity contribution < 1.29 is 9.53 Å². The lowest BCUT2D eigenvalue weighted by Gasteiger charge is -2.25. The Hall–Kier alpha value is -1.07. The van der Waals surface area contributed by atoms with E-state index in [-0.39, 0.29) is 6.04 Å². The van der Waals surface area contributed by atoms with Gasteiger partial charge in [0.15, 0.2) is 0 Å². The minimum atomic E-state index is -0.773. The molecular weight excluding hydrogens is 242 g/mol. The molecule has 6 heteroatoms. The van der Waals surface area contributed by atoms with Crippen LogP contribution in [-0.2, 0) is 9.53 Å². The van der Waals surface area contributed by atoms with Crippen LogP contribution in [0, 0.1) is 0 Å². The van der Waals surface area contributed by atoms with Crippen LogP contribution in [0.3, 0.4) is 0 Å². The van der Waals surface area contributed by atoms with Gasteiger partial charge in [-0.3, -0.25) is 9.48 Å². The number of hydrogen-bond donors (Lipinski definition) is 1. The summed E-state index contributed by atoms with van der Waals surface area (Å²) in [5, 5.41) is 4.52. The number of aromatic nitrogens is 2. The van der Waals surface area contributed by atoms with E-state index in [2.05, 4.69) is 5.10 Å². The first-order valence-corrected chi connectivity index (χ1v) is 5.76. The van der Waals surface area contributed by atoms with Crippen LogP contribution >= 0.6 is 11.6 Å². The molecule has 0 amide bonds. The Morgan fingerprint density at radius 2 is 2.18 bits per heavy atom. The quantitative estimate of drug-likeness (QED) is 0.840. The fourth-order valence-electron chi connectivity index (χ4n) is 1.27. The lowest BCUT2D eigenvalue weighted by molar-refractivity contribution is -0.157. The van der Waals surface area contributed by atoms with Crippen molar-refractivity contribution in [3.05, 3.63) is 17.4 Å². The maximum atomic E-state index is 11.8. The number of carbonyl (C=O) groups is 1. The zero-order valence-electron chi connectivity index (χ0n) is 10.5. The van der Waals surface area contributed by atoms with E-state index in [1.807, 2.05) is 0 Å². The largest absolute Gasteiger partial charge is 0.459 e. The number of nitrogens with two attached hydrogens (primary N) is 1. The summed E-state index contributed by atoms with van der Waals surface area (Å²) in [5.41, 5.74) is 5.29. The molecular formula is C11H18ClN3O2. The highest BCUT2D eigenvalue weighted by atomic mass is 35.5. The molecule has 0 aliphatic heterocycles. The molecule has 0 aliphatic carbocycles. The zero-order chi connectivity index (χ0) is 13.2. The highest BCUT2D eigenvalue weighted by molar-refractivity contribution is 6.30. The number of rotatable bonds is 3. The summed E-state index contributed by atoms with van der Waals surface area (Å²) in [6.07, 6.45) is 3.12. The van der Waals surface area contributed by atoms with Crippen molar-refractivity contribution in [1.82, 2.24) is 9.78 Å². The van der Waals surface area contributed by atoms with Crippen molar-refractivity contribution in [3.63, 3.8) is 0 Å². The summed E-state index contributed by atoms with van der Waals surface area (Å²) in [6.45, 7) is 7.19. The molecule has 17 heavy (non-hydrogen) atoms. The second-order valence-electron chi connectivity index (χ2n) is 4.94. The van der Waals surface area contributed by atoms with E-state index in [0.29, 0.717) is 5.02 Å². The first kappa shape index (κ1) is 14.0. The maximum absolute atomic E-state index is 11.8. The van der Waals surface area contributed by atoms with Crippen LogP contribution in [0.1, 0.15) is 33.7 Å². The van der Waals surface area contributed by atoms with Gasteiger partial charge in [-0.15, -0.1) is 0 Å². The van der Waals surface area contributed by atoms with E-state index in [1.54, 1.807) is 38.6 Å². The Morgan fingerprint density at radius 3 is 2.59 bits per heavy atom. The van der Waals surface area contributed by atoms with Gasteiger partial charge in [0.2, 0.25) is 0 Å². The van der Waals surface area contributed by atoms with Crippen LogP contribution in [0.25, 0.3) is 0 Å². The third kappa shape index (κ3) is 4.02. The molecule has 5 nitrogen and oxygen atoms in total. The number of halogens is 1. The summed E-state index contributed by atoms with van der Waals surface area (Å²) in [4.78, 5) is 11.8. The molecule has 2 unspecified atom stereocenters. The number of nitrogens with zero attached hydrogens (tertiary/aromatic N) is 2. The topological polar surface area (TPSA) is 70.1 Å². The maximum Gasteiger partial charge on any atom is 0.325 e. The van der Waals surface area contributed by atoms with E-state index in [9.17, 15) is 4.79 Å². The van der Waals surface area contributed by atoms with Crippen LogP contribution in [0.15, 0.2) is 12.4 Å². The fraction of sp³-hybridized carbons (Fsp3) is 0.636. The lowest BCUT2D eigenvalue weighted by Crippen LogP contribution is -2.42. The van der Waals surface area contributed by atoms with Gasteiger partial charge in [-0.25, -0.2) is 0 Å². The molecule has 0 saturated heterocycles. The second kappa shape index (κ2) is 5.06. The monoisotopic (exact) mass is 259 g/mol. The smallest absolute Gasteiger partial charge is 0.325 e. The first-order chi connectivity index (χ1) is 7.70. The van der Waals surface area contributed by atoms with Crippen LogP contribution in [0.4, 0.5) is 0 Å². The third-order valence-corrected chi connectivity index (χ3v) is 2.38. The van der Waals surface area contributed by atoms with Gasteiger partial charge < -0.3 is 10.5 Å². The Kier molecular flexibility index (Phi) is 4.16. The molecule has 0 aromatic carbocycles. The SMILES string of the molecule is CC(C(N)C(=O)OC(C)(C)C)n1cc(Cl)cn1. The summed E-state index contributed by atoms with van der Waals surface area (Å²) >= 11 is 5.75. The normalized spacial score (nSPS) is 15.4. The summed E-state index contributed by atoms with van der Waals surface area (Å²) < 4.78 is 6.76. The van der Waals surface area contributed by atoms with Gasteiger partial charge in [0, 0.05) is 6.20 Å². The number of carbonyl (C=O) groups excluding carboxylic acids is 1. The van der Waals surface area contributed by atoms with Gasteiger partial charge in [-0.1, -0.05) is 11.6 Å². The molecule has 1 heterocycles. The van der Waals surface area contributed by atoms with E-state index in [1.165, 1.54) is 6.20 Å². The van der Waals surface area contributed by atoms with Gasteiger partial charge in [0.05, 0.1) is 17.3 Å². The van der Waals surface area contributed by atoms with Crippen molar-refractivity contribution >= 4 is 17.6 Å². The fourth-order valence-corrected chi connectivity index (χ4v) is 1.41. The van der Waals surface area contributed by atoms with E-state index in [0.717, 1.165) is 0 Å². The van der Waals surface area contributed by atoms with Crippen molar-refractivity contribution in [2.24, 2.45) is 5.73 Å². The highest BCUT2D eigenvalue weighted by Crippen LogP contribution is 2.16. The lowest BCUT2D eigenvalue weighted by atomic mass is 10.1.